The van der Waals surface area contributed by atoms with Crippen molar-refractivity contribution in [2.75, 3.05) is 13.2 Å². The van der Waals surface area contributed by atoms with Gasteiger partial charge in [0.1, 0.15) is 13.2 Å². The third kappa shape index (κ3) is 5.21. The maximum atomic E-state index is 9.07. The van der Waals surface area contributed by atoms with E-state index >= 15 is 0 Å². The van der Waals surface area contributed by atoms with Crippen molar-refractivity contribution in [3.63, 3.8) is 0 Å². The van der Waals surface area contributed by atoms with Crippen LogP contribution in [0.4, 0.5) is 0 Å². The van der Waals surface area contributed by atoms with Gasteiger partial charge in [-0.15, -0.1) is 0 Å². The van der Waals surface area contributed by atoms with Gasteiger partial charge in [0, 0.05) is 11.4 Å². The Morgan fingerprint density at radius 1 is 0.731 bits per heavy atom. The molecule has 148 valence electrons. The summed E-state index contributed by atoms with van der Waals surface area (Å²) >= 11 is 0. The van der Waals surface area contributed by atoms with Crippen LogP contribution in [0.25, 0.3) is 0 Å². The highest BCUT2D eigenvalue weighted by Gasteiger charge is 2.39. The van der Waals surface area contributed by atoms with Crippen molar-refractivity contribution >= 4 is 0 Å². The molecule has 0 heterocycles. The number of nitrogens with zero attached hydrogens (tertiary/aromatic N) is 2. The molecule has 0 aliphatic heterocycles. The summed E-state index contributed by atoms with van der Waals surface area (Å²) in [5, 5.41) is 35.6. The van der Waals surface area contributed by atoms with Crippen molar-refractivity contribution in [3.05, 3.63) is 49.5 Å². The Hall–Kier alpha value is -2.08. The molecule has 0 radical (unpaired) electrons. The number of hydrogen-bond donors (Lipinski definition) is 4. The molecule has 0 aromatic carbocycles. The lowest BCUT2D eigenvalue weighted by Crippen LogP contribution is -2.52. The molecule has 0 aromatic rings. The Morgan fingerprint density at radius 2 is 1.08 bits per heavy atom. The van der Waals surface area contributed by atoms with Gasteiger partial charge in [-0.1, -0.05) is 26.0 Å². The molecule has 0 bridgehead atoms. The van der Waals surface area contributed by atoms with E-state index in [4.69, 9.17) is 21.0 Å². The summed E-state index contributed by atoms with van der Waals surface area (Å²) in [7, 11) is 0. The van der Waals surface area contributed by atoms with E-state index in [1.165, 1.54) is 9.80 Å². The lowest BCUT2D eigenvalue weighted by Gasteiger charge is -2.46. The molecule has 1 aliphatic rings. The van der Waals surface area contributed by atoms with Crippen molar-refractivity contribution in [2.24, 2.45) is 0 Å². The Kier molecular flexibility index (Phi) is 9.13. The predicted molar refractivity (Wildman–Crippen MR) is 90.9 cm³/mol. The Morgan fingerprint density at radius 3 is 1.35 bits per heavy atom. The fourth-order valence-electron chi connectivity index (χ4n) is 3.26. The van der Waals surface area contributed by atoms with Crippen molar-refractivity contribution in [3.8, 4) is 0 Å². The number of rotatable bonds is 12. The Labute approximate surface area is 151 Å². The first-order valence-electron chi connectivity index (χ1n) is 7.90. The molecule has 2 unspecified atom stereocenters. The molecule has 2 atom stereocenters. The van der Waals surface area contributed by atoms with Crippen LogP contribution in [0.2, 0.25) is 0 Å². The van der Waals surface area contributed by atoms with Crippen LogP contribution in [-0.4, -0.2) is 56.1 Å². The molecule has 1 fully saturated rings. The normalized spacial score (nSPS) is 19.4. The first-order chi connectivity index (χ1) is 12.4. The van der Waals surface area contributed by atoms with Crippen LogP contribution in [0.15, 0.2) is 49.5 Å². The van der Waals surface area contributed by atoms with Gasteiger partial charge in [-0.25, -0.2) is 20.3 Å². The van der Waals surface area contributed by atoms with E-state index in [-0.39, 0.29) is 48.5 Å². The maximum absolute atomic E-state index is 9.07. The van der Waals surface area contributed by atoms with Gasteiger partial charge in [-0.2, -0.15) is 0 Å². The summed E-state index contributed by atoms with van der Waals surface area (Å²) in [6.45, 7) is 14.4. The summed E-state index contributed by atoms with van der Waals surface area (Å²) in [6.07, 6.45) is 2.96. The predicted octanol–water partition coefficient (Wildman–Crippen LogP) is 2.83. The molecule has 0 saturated heterocycles. The second-order valence-electron chi connectivity index (χ2n) is 5.81. The van der Waals surface area contributed by atoms with Crippen LogP contribution in [0, 0.1) is 0 Å². The molecule has 1 saturated carbocycles. The van der Waals surface area contributed by atoms with Gasteiger partial charge in [-0.05, 0) is 26.0 Å². The van der Waals surface area contributed by atoms with Crippen LogP contribution in [0.1, 0.15) is 25.7 Å². The van der Waals surface area contributed by atoms with Crippen molar-refractivity contribution < 1.29 is 40.6 Å². The third-order valence-electron chi connectivity index (χ3n) is 4.25. The lowest BCUT2D eigenvalue weighted by atomic mass is 9.87. The van der Waals surface area contributed by atoms with Crippen molar-refractivity contribution in [1.29, 1.82) is 0 Å². The van der Waals surface area contributed by atoms with Gasteiger partial charge < -0.3 is 19.6 Å². The SMILES string of the molecule is C=C(COO)N(C(=C)OO)C1CCCCC1N(C(=C)COO)C(=C)OO. The topological polar surface area (TPSA) is 124 Å². The van der Waals surface area contributed by atoms with Gasteiger partial charge in [0.15, 0.2) is 0 Å². The van der Waals surface area contributed by atoms with Crippen molar-refractivity contribution in [1.82, 2.24) is 9.80 Å². The van der Waals surface area contributed by atoms with E-state index < -0.39 is 0 Å². The van der Waals surface area contributed by atoms with Crippen LogP contribution in [0.5, 0.6) is 0 Å². The fraction of sp³-hybridized carbons (Fsp3) is 0.500. The van der Waals surface area contributed by atoms with E-state index in [1.54, 1.807) is 0 Å². The Balaban J connectivity index is 3.25. The highest BCUT2D eigenvalue weighted by atomic mass is 17.1. The highest BCUT2D eigenvalue weighted by Crippen LogP contribution is 2.34. The standard InChI is InChI=1S/C16H26N2O8/c1-11(9-23-19)17(13(3)25-21)15-7-5-6-8-16(15)18(14(4)26-22)12(2)10-24-20/h15-16,19-22H,1-10H2. The third-order valence-corrected chi connectivity index (χ3v) is 4.25. The zero-order valence-corrected chi connectivity index (χ0v) is 14.5. The van der Waals surface area contributed by atoms with E-state index in [1.807, 2.05) is 0 Å². The Bertz CT molecular complexity index is 478. The van der Waals surface area contributed by atoms with E-state index in [2.05, 4.69) is 45.9 Å². The lowest BCUT2D eigenvalue weighted by molar-refractivity contribution is -0.250. The zero-order valence-electron chi connectivity index (χ0n) is 14.5. The second-order valence-corrected chi connectivity index (χ2v) is 5.81. The second kappa shape index (κ2) is 10.8. The smallest absolute Gasteiger partial charge is 0.230 e. The average Bonchev–Trinajstić information content (AvgIpc) is 2.63. The summed E-state index contributed by atoms with van der Waals surface area (Å²) < 4.78 is 0. The van der Waals surface area contributed by atoms with E-state index in [0.717, 1.165) is 12.8 Å². The van der Waals surface area contributed by atoms with Gasteiger partial charge in [0.25, 0.3) is 0 Å². The monoisotopic (exact) mass is 374 g/mol. The molecule has 26 heavy (non-hydrogen) atoms. The van der Waals surface area contributed by atoms with Gasteiger partial charge in [0.2, 0.25) is 11.8 Å². The molecule has 10 nitrogen and oxygen atoms in total. The maximum Gasteiger partial charge on any atom is 0.230 e. The highest BCUT2D eigenvalue weighted by molar-refractivity contribution is 5.14. The minimum atomic E-state index is -0.381. The molecule has 1 aliphatic carbocycles. The number of hydrogen-bond acceptors (Lipinski definition) is 10. The van der Waals surface area contributed by atoms with Crippen LogP contribution in [-0.2, 0) is 19.6 Å². The minimum absolute atomic E-state index is 0.122. The fourth-order valence-corrected chi connectivity index (χ4v) is 3.26. The minimum Gasteiger partial charge on any atom is -0.322 e. The largest absolute Gasteiger partial charge is 0.322 e. The quantitative estimate of drug-likeness (QED) is 0.230. The van der Waals surface area contributed by atoms with Gasteiger partial charge in [-0.3, -0.25) is 10.5 Å². The van der Waals surface area contributed by atoms with Gasteiger partial charge >= 0.3 is 0 Å². The molecule has 0 spiro atoms. The molecule has 0 aromatic heterocycles. The summed E-state index contributed by atoms with van der Waals surface area (Å²) in [4.78, 5) is 19.8. The first-order valence-corrected chi connectivity index (χ1v) is 7.90. The molecule has 0 amide bonds. The molecular formula is C16H26N2O8. The zero-order chi connectivity index (χ0) is 19.7. The molecular weight excluding hydrogens is 348 g/mol. The molecule has 1 rings (SSSR count). The summed E-state index contributed by atoms with van der Waals surface area (Å²) in [5.41, 5.74) is 0.561. The first kappa shape index (κ1) is 22.0. The van der Waals surface area contributed by atoms with Gasteiger partial charge in [0.05, 0.1) is 12.1 Å². The average molecular weight is 374 g/mol. The summed E-state index contributed by atoms with van der Waals surface area (Å²) in [6, 6.07) is -0.762. The van der Waals surface area contributed by atoms with Crippen LogP contribution < -0.4 is 0 Å². The molecule has 10 heteroatoms. The van der Waals surface area contributed by atoms with Crippen molar-refractivity contribution in [2.45, 2.75) is 37.8 Å². The van der Waals surface area contributed by atoms with E-state index in [0.29, 0.717) is 12.8 Å². The van der Waals surface area contributed by atoms with E-state index in [9.17, 15) is 0 Å². The van der Waals surface area contributed by atoms with Crippen LogP contribution in [0.3, 0.4) is 0 Å². The summed E-state index contributed by atoms with van der Waals surface area (Å²) in [5.74, 6) is -0.244. The van der Waals surface area contributed by atoms with Crippen LogP contribution >= 0.6 is 0 Å². The molecule has 4 N–H and O–H groups in total.